The first-order valence-corrected chi connectivity index (χ1v) is 10.4. The van der Waals surface area contributed by atoms with Crippen molar-refractivity contribution in [1.29, 1.82) is 0 Å². The number of anilines is 1. The average molecular weight is 434 g/mol. The molecule has 1 unspecified atom stereocenters. The van der Waals surface area contributed by atoms with Crippen LogP contribution in [0.15, 0.2) is 70.3 Å². The second-order valence-corrected chi connectivity index (χ2v) is 7.77. The number of carbonyl (C=O) groups is 1. The van der Waals surface area contributed by atoms with Gasteiger partial charge in [-0.15, -0.1) is 0 Å². The molecule has 2 heterocycles. The Morgan fingerprint density at radius 3 is 2.72 bits per heavy atom. The van der Waals surface area contributed by atoms with Crippen molar-refractivity contribution in [2.75, 3.05) is 39.2 Å². The van der Waals surface area contributed by atoms with Crippen molar-refractivity contribution in [1.82, 2.24) is 10.2 Å². The number of nitrogens with zero attached hydrogens (tertiary/aromatic N) is 3. The molecule has 8 heteroatoms. The van der Waals surface area contributed by atoms with Gasteiger partial charge in [0.15, 0.2) is 0 Å². The summed E-state index contributed by atoms with van der Waals surface area (Å²) in [6, 6.07) is 16.8. The average Bonchev–Trinajstić information content (AvgIpc) is 3.28. The maximum Gasteiger partial charge on any atom is 0.251 e. The molecular weight excluding hydrogens is 406 g/mol. The third-order valence-electron chi connectivity index (χ3n) is 5.28. The fourth-order valence-corrected chi connectivity index (χ4v) is 3.57. The number of furan rings is 1. The van der Waals surface area contributed by atoms with Gasteiger partial charge in [-0.2, -0.15) is 4.99 Å². The number of rotatable bonds is 7. The first-order valence-electron chi connectivity index (χ1n) is 10.4. The van der Waals surface area contributed by atoms with Crippen LogP contribution < -0.4 is 20.7 Å². The van der Waals surface area contributed by atoms with Gasteiger partial charge < -0.3 is 30.0 Å². The maximum atomic E-state index is 12.7. The molecule has 1 aromatic heterocycles. The highest BCUT2D eigenvalue weighted by Gasteiger charge is 2.31. The number of amidine groups is 1. The zero-order valence-electron chi connectivity index (χ0n) is 18.4. The normalized spacial score (nSPS) is 15.3. The van der Waals surface area contributed by atoms with Gasteiger partial charge in [-0.1, -0.05) is 12.1 Å². The molecule has 0 fully saturated rings. The van der Waals surface area contributed by atoms with Gasteiger partial charge in [-0.25, -0.2) is 0 Å². The van der Waals surface area contributed by atoms with E-state index in [1.54, 1.807) is 19.4 Å². The van der Waals surface area contributed by atoms with Crippen LogP contribution in [0, 0.1) is 0 Å². The van der Waals surface area contributed by atoms with E-state index < -0.39 is 6.17 Å². The van der Waals surface area contributed by atoms with E-state index in [0.717, 1.165) is 29.1 Å². The van der Waals surface area contributed by atoms with E-state index in [2.05, 4.69) is 5.32 Å². The van der Waals surface area contributed by atoms with E-state index in [1.807, 2.05) is 72.4 Å². The molecule has 3 N–H and O–H groups in total. The fourth-order valence-electron chi connectivity index (χ4n) is 3.57. The van der Waals surface area contributed by atoms with Crippen LogP contribution in [0.5, 0.6) is 5.75 Å². The Bertz CT molecular complexity index is 1120. The van der Waals surface area contributed by atoms with E-state index >= 15 is 0 Å². The molecule has 8 nitrogen and oxygen atoms in total. The van der Waals surface area contributed by atoms with Gasteiger partial charge in [0.2, 0.25) is 5.88 Å². The second-order valence-electron chi connectivity index (χ2n) is 7.77. The SMILES string of the molecule is COc1ccc(N2C(c3cccc(C(=O)NCCN(C)C)c3)=Nc3occc3C2N)cc1. The largest absolute Gasteiger partial charge is 0.497 e. The minimum atomic E-state index is -0.498. The van der Waals surface area contributed by atoms with E-state index in [-0.39, 0.29) is 5.91 Å². The summed E-state index contributed by atoms with van der Waals surface area (Å²) in [4.78, 5) is 21.4. The number of nitrogens with two attached hydrogens (primary N) is 1. The summed E-state index contributed by atoms with van der Waals surface area (Å²) >= 11 is 0. The molecule has 4 rings (SSSR count). The third kappa shape index (κ3) is 4.37. The topological polar surface area (TPSA) is 96.3 Å². The van der Waals surface area contributed by atoms with Gasteiger partial charge in [0.05, 0.1) is 18.9 Å². The van der Waals surface area contributed by atoms with Crippen molar-refractivity contribution >= 4 is 23.3 Å². The molecule has 0 saturated heterocycles. The zero-order chi connectivity index (χ0) is 22.7. The minimum absolute atomic E-state index is 0.135. The number of carbonyl (C=O) groups excluding carboxylic acids is 1. The molecule has 0 spiro atoms. The highest BCUT2D eigenvalue weighted by Crippen LogP contribution is 2.37. The number of likely N-dealkylation sites (N-methyl/N-ethyl adjacent to an activating group) is 1. The van der Waals surface area contributed by atoms with E-state index in [4.69, 9.17) is 19.9 Å². The van der Waals surface area contributed by atoms with Crippen LogP contribution in [0.2, 0.25) is 0 Å². The number of ether oxygens (including phenoxy) is 1. The Morgan fingerprint density at radius 2 is 2.00 bits per heavy atom. The highest BCUT2D eigenvalue weighted by molar-refractivity contribution is 6.13. The molecule has 166 valence electrons. The van der Waals surface area contributed by atoms with E-state index in [0.29, 0.717) is 23.8 Å². The van der Waals surface area contributed by atoms with E-state index in [9.17, 15) is 4.79 Å². The lowest BCUT2D eigenvalue weighted by atomic mass is 10.0. The van der Waals surface area contributed by atoms with Crippen molar-refractivity contribution in [3.8, 4) is 5.75 Å². The molecule has 1 atom stereocenters. The van der Waals surface area contributed by atoms with Crippen molar-refractivity contribution in [2.45, 2.75) is 6.17 Å². The lowest BCUT2D eigenvalue weighted by Crippen LogP contribution is -2.42. The summed E-state index contributed by atoms with van der Waals surface area (Å²) in [7, 11) is 5.56. The van der Waals surface area contributed by atoms with Gasteiger partial charge in [0.25, 0.3) is 5.91 Å². The Hall–Kier alpha value is -3.62. The molecule has 1 amide bonds. The molecule has 2 aromatic carbocycles. The lowest BCUT2D eigenvalue weighted by Gasteiger charge is -2.34. The molecule has 1 aliphatic rings. The molecule has 3 aromatic rings. The molecule has 1 aliphatic heterocycles. The molecular formula is C24H27N5O3. The van der Waals surface area contributed by atoms with Crippen molar-refractivity contribution in [2.24, 2.45) is 10.7 Å². The zero-order valence-corrected chi connectivity index (χ0v) is 18.4. The predicted molar refractivity (Wildman–Crippen MR) is 125 cm³/mol. The standard InChI is InChI=1S/C24H27N5O3/c1-28(2)13-12-26-23(30)17-6-4-5-16(15-17)22-27-24-20(11-14-32-24)21(25)29(22)18-7-9-19(31-3)10-8-18/h4-11,14-15,21H,12-13,25H2,1-3H3,(H,26,30). The Kier molecular flexibility index (Phi) is 6.25. The smallest absolute Gasteiger partial charge is 0.251 e. The Labute approximate surface area is 187 Å². The summed E-state index contributed by atoms with van der Waals surface area (Å²) < 4.78 is 10.8. The minimum Gasteiger partial charge on any atom is -0.497 e. The fraction of sp³-hybridized carbons (Fsp3) is 0.250. The molecule has 32 heavy (non-hydrogen) atoms. The summed E-state index contributed by atoms with van der Waals surface area (Å²) in [6.07, 6.45) is 1.08. The van der Waals surface area contributed by atoms with Crippen molar-refractivity contribution in [3.63, 3.8) is 0 Å². The first-order chi connectivity index (χ1) is 15.5. The number of fused-ring (bicyclic) bond motifs is 1. The number of hydrogen-bond donors (Lipinski definition) is 2. The number of aliphatic imine (C=N–C) groups is 1. The monoisotopic (exact) mass is 433 g/mol. The number of amides is 1. The first kappa shape index (κ1) is 21.6. The quantitative estimate of drug-likeness (QED) is 0.594. The summed E-state index contributed by atoms with van der Waals surface area (Å²) in [5.74, 6) is 1.69. The predicted octanol–water partition coefficient (Wildman–Crippen LogP) is 3.14. The number of benzene rings is 2. The van der Waals surface area contributed by atoms with Crippen LogP contribution in [-0.2, 0) is 0 Å². The van der Waals surface area contributed by atoms with Crippen LogP contribution in [0.25, 0.3) is 0 Å². The lowest BCUT2D eigenvalue weighted by molar-refractivity contribution is 0.0951. The molecule has 0 radical (unpaired) electrons. The van der Waals surface area contributed by atoms with Gasteiger partial charge in [0.1, 0.15) is 17.8 Å². The third-order valence-corrected chi connectivity index (χ3v) is 5.28. The maximum absolute atomic E-state index is 12.7. The molecule has 0 bridgehead atoms. The van der Waals surface area contributed by atoms with Crippen LogP contribution in [0.1, 0.15) is 27.7 Å². The van der Waals surface area contributed by atoms with Gasteiger partial charge in [-0.3, -0.25) is 4.79 Å². The summed E-state index contributed by atoms with van der Waals surface area (Å²) in [6.45, 7) is 1.33. The van der Waals surface area contributed by atoms with Crippen LogP contribution >= 0.6 is 0 Å². The van der Waals surface area contributed by atoms with Crippen LogP contribution in [-0.4, -0.2) is 50.9 Å². The number of hydrogen-bond acceptors (Lipinski definition) is 7. The highest BCUT2D eigenvalue weighted by atomic mass is 16.5. The summed E-state index contributed by atoms with van der Waals surface area (Å²) in [5.41, 5.74) is 9.59. The van der Waals surface area contributed by atoms with Crippen molar-refractivity contribution < 1.29 is 13.9 Å². The number of nitrogens with one attached hydrogen (secondary N) is 1. The number of methoxy groups -OCH3 is 1. The Morgan fingerprint density at radius 1 is 1.22 bits per heavy atom. The molecule has 0 aliphatic carbocycles. The van der Waals surface area contributed by atoms with Gasteiger partial charge in [0, 0.05) is 29.9 Å². The van der Waals surface area contributed by atoms with Crippen LogP contribution in [0.4, 0.5) is 11.6 Å². The second kappa shape index (κ2) is 9.25. The summed E-state index contributed by atoms with van der Waals surface area (Å²) in [5, 5.41) is 2.95. The van der Waals surface area contributed by atoms with E-state index in [1.165, 1.54) is 0 Å². The van der Waals surface area contributed by atoms with Gasteiger partial charge >= 0.3 is 0 Å². The van der Waals surface area contributed by atoms with Crippen LogP contribution in [0.3, 0.4) is 0 Å². The Balaban J connectivity index is 1.70. The molecule has 0 saturated carbocycles. The van der Waals surface area contributed by atoms with Crippen molar-refractivity contribution in [3.05, 3.63) is 77.6 Å². The van der Waals surface area contributed by atoms with Gasteiger partial charge in [-0.05, 0) is 56.6 Å².